The van der Waals surface area contributed by atoms with Gasteiger partial charge in [0.05, 0.1) is 12.6 Å². The van der Waals surface area contributed by atoms with Gasteiger partial charge in [-0.25, -0.2) is 4.79 Å². The lowest BCUT2D eigenvalue weighted by Crippen LogP contribution is -2.58. The quantitative estimate of drug-likeness (QED) is 0.143. The van der Waals surface area contributed by atoms with Gasteiger partial charge in [-0.1, -0.05) is 13.8 Å². The Morgan fingerprint density at radius 3 is 1.77 bits per heavy atom. The second kappa shape index (κ2) is 14.6. The number of carboxylic acids is 2. The molecule has 4 unspecified atom stereocenters. The summed E-state index contributed by atoms with van der Waals surface area (Å²) in [5.74, 6) is -4.68. The number of thioether (sulfide) groups is 1. The van der Waals surface area contributed by atoms with Crippen LogP contribution in [0.25, 0.3) is 0 Å². The molecule has 0 radical (unpaired) electrons. The Morgan fingerprint density at radius 1 is 0.871 bits per heavy atom. The Morgan fingerprint density at radius 2 is 1.35 bits per heavy atom. The van der Waals surface area contributed by atoms with Crippen LogP contribution < -0.4 is 21.7 Å². The lowest BCUT2D eigenvalue weighted by molar-refractivity contribution is -0.143. The third-order valence-corrected chi connectivity index (χ3v) is 4.99. The van der Waals surface area contributed by atoms with Crippen LogP contribution in [-0.2, 0) is 24.0 Å². The van der Waals surface area contributed by atoms with Crippen molar-refractivity contribution in [1.82, 2.24) is 16.0 Å². The van der Waals surface area contributed by atoms with Crippen molar-refractivity contribution in [3.8, 4) is 0 Å². The van der Waals surface area contributed by atoms with Crippen molar-refractivity contribution < 1.29 is 39.3 Å². The first-order chi connectivity index (χ1) is 14.4. The van der Waals surface area contributed by atoms with Crippen LogP contribution in [0.2, 0.25) is 0 Å². The van der Waals surface area contributed by atoms with E-state index in [1.165, 1.54) is 11.8 Å². The molecular formula is C18H32N4O8S. The van der Waals surface area contributed by atoms with Gasteiger partial charge in [0, 0.05) is 6.42 Å². The van der Waals surface area contributed by atoms with Crippen molar-refractivity contribution in [2.45, 2.75) is 57.3 Å². The van der Waals surface area contributed by atoms with E-state index in [1.807, 2.05) is 0 Å². The van der Waals surface area contributed by atoms with Gasteiger partial charge in [-0.2, -0.15) is 11.8 Å². The minimum atomic E-state index is -1.55. The van der Waals surface area contributed by atoms with Crippen LogP contribution >= 0.6 is 11.8 Å². The van der Waals surface area contributed by atoms with E-state index in [2.05, 4.69) is 16.0 Å². The summed E-state index contributed by atoms with van der Waals surface area (Å²) in [6.45, 7) is 2.58. The average Bonchev–Trinajstić information content (AvgIpc) is 2.70. The van der Waals surface area contributed by atoms with Gasteiger partial charge in [-0.15, -0.1) is 0 Å². The van der Waals surface area contributed by atoms with E-state index in [1.54, 1.807) is 20.1 Å². The van der Waals surface area contributed by atoms with E-state index < -0.39 is 66.9 Å². The number of amides is 3. The maximum Gasteiger partial charge on any atom is 0.328 e. The molecule has 0 bridgehead atoms. The molecular weight excluding hydrogens is 432 g/mol. The van der Waals surface area contributed by atoms with Crippen molar-refractivity contribution in [1.29, 1.82) is 0 Å². The summed E-state index contributed by atoms with van der Waals surface area (Å²) in [5.41, 5.74) is 5.77. The average molecular weight is 465 g/mol. The standard InChI is InChI=1S/C18H32N4O8S/c1-9(2)14(19)17(28)21-10(4-5-13(24)25)15(26)20-11(6-7-31-3)16(27)22-12(8-23)18(29)30/h9-12,14,23H,4-8,19H2,1-3H3,(H,20,26)(H,21,28)(H,22,27)(H,24,25)(H,29,30). The number of carboxylic acid groups (broad SMARTS) is 2. The topological polar surface area (TPSA) is 208 Å². The van der Waals surface area contributed by atoms with Crippen LogP contribution in [0.5, 0.6) is 0 Å². The predicted octanol–water partition coefficient (Wildman–Crippen LogP) is -1.88. The number of carbonyl (C=O) groups is 5. The molecule has 0 saturated heterocycles. The smallest absolute Gasteiger partial charge is 0.328 e. The summed E-state index contributed by atoms with van der Waals surface area (Å²) in [4.78, 5) is 59.4. The molecule has 13 heteroatoms. The first-order valence-electron chi connectivity index (χ1n) is 9.65. The molecule has 0 aromatic carbocycles. The van der Waals surface area contributed by atoms with Crippen LogP contribution in [0.1, 0.15) is 33.1 Å². The number of nitrogens with one attached hydrogen (secondary N) is 3. The van der Waals surface area contributed by atoms with Gasteiger partial charge in [0.25, 0.3) is 0 Å². The summed E-state index contributed by atoms with van der Waals surface area (Å²) >= 11 is 1.38. The van der Waals surface area contributed by atoms with Gasteiger partial charge in [0.1, 0.15) is 18.1 Å². The maximum absolute atomic E-state index is 12.7. The van der Waals surface area contributed by atoms with E-state index in [0.29, 0.717) is 5.75 Å². The second-order valence-electron chi connectivity index (χ2n) is 7.19. The van der Waals surface area contributed by atoms with Gasteiger partial charge < -0.3 is 37.0 Å². The number of rotatable bonds is 15. The van der Waals surface area contributed by atoms with Gasteiger partial charge in [0.2, 0.25) is 17.7 Å². The normalized spacial score (nSPS) is 14.8. The molecule has 0 aromatic heterocycles. The fourth-order valence-electron chi connectivity index (χ4n) is 2.34. The monoisotopic (exact) mass is 464 g/mol. The largest absolute Gasteiger partial charge is 0.481 e. The van der Waals surface area contributed by atoms with E-state index in [-0.39, 0.29) is 18.8 Å². The van der Waals surface area contributed by atoms with E-state index in [0.717, 1.165) is 0 Å². The van der Waals surface area contributed by atoms with Crippen molar-refractivity contribution >= 4 is 41.4 Å². The number of aliphatic hydroxyl groups excluding tert-OH is 1. The van der Waals surface area contributed by atoms with Gasteiger partial charge >= 0.3 is 11.9 Å². The Balaban J connectivity index is 5.43. The fraction of sp³-hybridized carbons (Fsp3) is 0.722. The highest BCUT2D eigenvalue weighted by Gasteiger charge is 2.30. The number of aliphatic hydroxyl groups is 1. The molecule has 0 aliphatic carbocycles. The highest BCUT2D eigenvalue weighted by atomic mass is 32.2. The molecule has 3 amide bonds. The Bertz CT molecular complexity index is 646. The zero-order chi connectivity index (χ0) is 24.1. The maximum atomic E-state index is 12.7. The van der Waals surface area contributed by atoms with Crippen LogP contribution in [0.15, 0.2) is 0 Å². The molecule has 0 fully saturated rings. The SMILES string of the molecule is CSCCC(NC(=O)C(CCC(=O)O)NC(=O)C(N)C(C)C)C(=O)NC(CO)C(=O)O. The van der Waals surface area contributed by atoms with Gasteiger partial charge in [0.15, 0.2) is 0 Å². The van der Waals surface area contributed by atoms with Crippen LogP contribution in [0, 0.1) is 5.92 Å². The molecule has 4 atom stereocenters. The lowest BCUT2D eigenvalue weighted by Gasteiger charge is -2.25. The van der Waals surface area contributed by atoms with Crippen molar-refractivity contribution in [3.63, 3.8) is 0 Å². The Hall–Kier alpha value is -2.38. The zero-order valence-corrected chi connectivity index (χ0v) is 18.6. The lowest BCUT2D eigenvalue weighted by atomic mass is 10.0. The molecule has 0 aromatic rings. The molecule has 0 rings (SSSR count). The molecule has 0 aliphatic rings. The zero-order valence-electron chi connectivity index (χ0n) is 17.8. The highest BCUT2D eigenvalue weighted by Crippen LogP contribution is 2.06. The summed E-state index contributed by atoms with van der Waals surface area (Å²) in [5, 5.41) is 34.0. The molecule has 0 heterocycles. The number of carbonyl (C=O) groups excluding carboxylic acids is 3. The number of hydrogen-bond donors (Lipinski definition) is 7. The minimum Gasteiger partial charge on any atom is -0.481 e. The van der Waals surface area contributed by atoms with Crippen molar-refractivity contribution in [2.75, 3.05) is 18.6 Å². The number of nitrogens with two attached hydrogens (primary N) is 1. The van der Waals surface area contributed by atoms with Gasteiger partial charge in [-0.3, -0.25) is 19.2 Å². The molecule has 0 spiro atoms. The Kier molecular flexibility index (Phi) is 13.5. The van der Waals surface area contributed by atoms with E-state index in [4.69, 9.17) is 21.1 Å². The fourth-order valence-corrected chi connectivity index (χ4v) is 2.81. The molecule has 8 N–H and O–H groups in total. The number of aliphatic carboxylic acids is 2. The molecule has 0 aliphatic heterocycles. The first-order valence-corrected chi connectivity index (χ1v) is 11.0. The van der Waals surface area contributed by atoms with E-state index in [9.17, 15) is 24.0 Å². The molecule has 12 nitrogen and oxygen atoms in total. The summed E-state index contributed by atoms with van der Waals surface area (Å²) < 4.78 is 0. The van der Waals surface area contributed by atoms with Crippen LogP contribution in [0.3, 0.4) is 0 Å². The van der Waals surface area contributed by atoms with Crippen LogP contribution in [0.4, 0.5) is 0 Å². The number of hydrogen-bond acceptors (Lipinski definition) is 8. The Labute approximate surface area is 184 Å². The van der Waals surface area contributed by atoms with Gasteiger partial charge in [-0.05, 0) is 30.8 Å². The minimum absolute atomic E-state index is 0.140. The third-order valence-electron chi connectivity index (χ3n) is 4.34. The molecule has 0 saturated carbocycles. The first kappa shape index (κ1) is 28.6. The summed E-state index contributed by atoms with van der Waals surface area (Å²) in [6, 6.07) is -4.88. The second-order valence-corrected chi connectivity index (χ2v) is 8.17. The highest BCUT2D eigenvalue weighted by molar-refractivity contribution is 7.98. The summed E-state index contributed by atoms with van der Waals surface area (Å²) in [7, 11) is 0. The molecule has 178 valence electrons. The molecule has 31 heavy (non-hydrogen) atoms. The van der Waals surface area contributed by atoms with Crippen LogP contribution in [-0.4, -0.2) is 87.8 Å². The third kappa shape index (κ3) is 11.0. The van der Waals surface area contributed by atoms with Crippen molar-refractivity contribution in [2.24, 2.45) is 11.7 Å². The predicted molar refractivity (Wildman–Crippen MR) is 113 cm³/mol. The van der Waals surface area contributed by atoms with Crippen molar-refractivity contribution in [3.05, 3.63) is 0 Å². The summed E-state index contributed by atoms with van der Waals surface area (Å²) in [6.07, 6.45) is 1.26. The van der Waals surface area contributed by atoms with E-state index >= 15 is 0 Å².